The van der Waals surface area contributed by atoms with E-state index in [1.807, 2.05) is 0 Å². The molecule has 0 rings (SSSR count). The van der Waals surface area contributed by atoms with Gasteiger partial charge >= 0.3 is 0 Å². The van der Waals surface area contributed by atoms with Gasteiger partial charge in [-0.3, -0.25) is 4.79 Å². The van der Waals surface area contributed by atoms with Crippen LogP contribution in [0.1, 0.15) is 27.7 Å². The smallest absolute Gasteiger partial charge is 0.276 e. The van der Waals surface area contributed by atoms with Crippen LogP contribution in [-0.4, -0.2) is 23.6 Å². The molecule has 0 aromatic rings. The van der Waals surface area contributed by atoms with Crippen LogP contribution in [-0.2, 0) is 14.6 Å². The predicted molar refractivity (Wildman–Crippen MR) is 58.4 cm³/mol. The number of Topliss-reactive ketones (excluding diaryl/α,β-unsaturated/α-hetero) is 1. The highest BCUT2D eigenvalue weighted by Gasteiger charge is 2.50. The fourth-order valence-electron chi connectivity index (χ4n) is 0.759. The molecule has 0 aromatic heterocycles. The van der Waals surface area contributed by atoms with Gasteiger partial charge in [0.15, 0.2) is 15.6 Å². The fraction of sp³-hybridized carbons (Fsp3) is 0.875. The molecule has 6 heteroatoms. The summed E-state index contributed by atoms with van der Waals surface area (Å²) >= 11 is 11.2. The van der Waals surface area contributed by atoms with Gasteiger partial charge in [-0.15, -0.1) is 0 Å². The molecule has 0 aliphatic carbocycles. The van der Waals surface area contributed by atoms with Crippen LogP contribution < -0.4 is 0 Å². The largest absolute Gasteiger partial charge is 0.294 e. The van der Waals surface area contributed by atoms with E-state index >= 15 is 0 Å². The van der Waals surface area contributed by atoms with Crippen molar-refractivity contribution in [3.8, 4) is 0 Å². The van der Waals surface area contributed by atoms with E-state index < -0.39 is 24.7 Å². The third kappa shape index (κ3) is 2.61. The Bertz CT molecular complexity index is 325. The first-order chi connectivity index (χ1) is 5.97. The molecule has 0 bridgehead atoms. The van der Waals surface area contributed by atoms with Gasteiger partial charge in [0.2, 0.25) is 0 Å². The Kier molecular flexibility index (Phi) is 4.04. The average Bonchev–Trinajstić information content (AvgIpc) is 2.01. The minimum atomic E-state index is -3.80. The van der Waals surface area contributed by atoms with Crippen molar-refractivity contribution in [2.45, 2.75) is 31.4 Å². The molecule has 0 unspecified atom stereocenters. The molecular formula is C8H14Cl2O3S. The Morgan fingerprint density at radius 3 is 1.79 bits per heavy atom. The molecule has 0 aliphatic rings. The molecule has 3 nitrogen and oxygen atoms in total. The zero-order chi connectivity index (χ0) is 11.8. The standard InChI is InChI=1S/C8H14Cl2O3S/c1-5-14(12,13)8(9,10)6(11)7(2,3)4/h5H2,1-4H3. The summed E-state index contributed by atoms with van der Waals surface area (Å²) in [7, 11) is -3.80. The normalized spacial score (nSPS) is 14.1. The summed E-state index contributed by atoms with van der Waals surface area (Å²) < 4.78 is 20.5. The summed E-state index contributed by atoms with van der Waals surface area (Å²) in [5.74, 6) is -0.961. The maximum Gasteiger partial charge on any atom is 0.276 e. The Hall–Kier alpha value is 0.200. The second-order valence-corrected chi connectivity index (χ2v) is 8.19. The van der Waals surface area contributed by atoms with Crippen molar-refractivity contribution >= 4 is 38.8 Å². The zero-order valence-corrected chi connectivity index (χ0v) is 10.9. The molecule has 0 saturated carbocycles. The molecule has 0 saturated heterocycles. The van der Waals surface area contributed by atoms with Gasteiger partial charge in [0.05, 0.1) is 5.75 Å². The molecule has 0 heterocycles. The predicted octanol–water partition coefficient (Wildman–Crippen LogP) is 2.17. The Balaban J connectivity index is 5.30. The molecular weight excluding hydrogens is 247 g/mol. The first-order valence-electron chi connectivity index (χ1n) is 4.12. The van der Waals surface area contributed by atoms with Gasteiger partial charge in [-0.05, 0) is 0 Å². The van der Waals surface area contributed by atoms with Crippen LogP contribution in [0, 0.1) is 5.41 Å². The first kappa shape index (κ1) is 14.2. The topological polar surface area (TPSA) is 51.2 Å². The molecule has 0 spiro atoms. The van der Waals surface area contributed by atoms with Crippen molar-refractivity contribution in [2.75, 3.05) is 5.75 Å². The van der Waals surface area contributed by atoms with Crippen molar-refractivity contribution in [3.05, 3.63) is 0 Å². The van der Waals surface area contributed by atoms with Gasteiger partial charge in [-0.25, -0.2) is 8.42 Å². The van der Waals surface area contributed by atoms with Gasteiger partial charge in [-0.2, -0.15) is 0 Å². The van der Waals surface area contributed by atoms with Gasteiger partial charge < -0.3 is 0 Å². The second kappa shape index (κ2) is 3.99. The summed E-state index contributed by atoms with van der Waals surface area (Å²) in [4.78, 5) is 11.6. The van der Waals surface area contributed by atoms with Gasteiger partial charge in [0, 0.05) is 5.41 Å². The summed E-state index contributed by atoms with van der Waals surface area (Å²) in [6, 6.07) is 0. The van der Waals surface area contributed by atoms with Crippen molar-refractivity contribution in [2.24, 2.45) is 5.41 Å². The van der Waals surface area contributed by atoms with Crippen LogP contribution in [0.25, 0.3) is 0 Å². The molecule has 0 aliphatic heterocycles. The number of hydrogen-bond acceptors (Lipinski definition) is 3. The van der Waals surface area contributed by atoms with Crippen LogP contribution in [0.3, 0.4) is 0 Å². The van der Waals surface area contributed by atoms with E-state index in [9.17, 15) is 13.2 Å². The van der Waals surface area contributed by atoms with Crippen molar-refractivity contribution in [3.63, 3.8) is 0 Å². The maximum absolute atomic E-state index is 11.6. The lowest BCUT2D eigenvalue weighted by molar-refractivity contribution is -0.125. The van der Waals surface area contributed by atoms with Crippen LogP contribution >= 0.6 is 23.2 Å². The number of carbonyl (C=O) groups excluding carboxylic acids is 1. The highest BCUT2D eigenvalue weighted by molar-refractivity contribution is 7.96. The fourth-order valence-corrected chi connectivity index (χ4v) is 2.93. The first-order valence-corrected chi connectivity index (χ1v) is 6.52. The highest BCUT2D eigenvalue weighted by atomic mass is 35.5. The molecule has 0 fully saturated rings. The number of carbonyl (C=O) groups is 1. The minimum absolute atomic E-state index is 0.262. The number of sulfone groups is 1. The Labute approximate surface area is 94.7 Å². The van der Waals surface area contributed by atoms with E-state index in [0.717, 1.165) is 0 Å². The highest BCUT2D eigenvalue weighted by Crippen LogP contribution is 2.36. The molecule has 84 valence electrons. The van der Waals surface area contributed by atoms with E-state index in [1.165, 1.54) is 6.92 Å². The van der Waals surface area contributed by atoms with Gasteiger partial charge in [0.1, 0.15) is 0 Å². The Morgan fingerprint density at radius 2 is 1.57 bits per heavy atom. The summed E-state index contributed by atoms with van der Waals surface area (Å²) in [6.45, 7) is 6.10. The number of ketones is 1. The molecule has 0 aromatic carbocycles. The number of halogens is 2. The third-order valence-corrected chi connectivity index (χ3v) is 5.20. The SMILES string of the molecule is CCS(=O)(=O)C(Cl)(Cl)C(=O)C(C)(C)C. The summed E-state index contributed by atoms with van der Waals surface area (Å²) in [6.07, 6.45) is 0. The summed E-state index contributed by atoms with van der Waals surface area (Å²) in [5, 5.41) is 0. The lowest BCUT2D eigenvalue weighted by Gasteiger charge is -2.25. The van der Waals surface area contributed by atoms with E-state index in [4.69, 9.17) is 23.2 Å². The zero-order valence-electron chi connectivity index (χ0n) is 8.60. The molecule has 0 radical (unpaired) electrons. The van der Waals surface area contributed by atoms with Crippen LogP contribution in [0.5, 0.6) is 0 Å². The monoisotopic (exact) mass is 260 g/mol. The van der Waals surface area contributed by atoms with Crippen LogP contribution in [0.2, 0.25) is 0 Å². The quantitative estimate of drug-likeness (QED) is 0.731. The minimum Gasteiger partial charge on any atom is -0.294 e. The lowest BCUT2D eigenvalue weighted by atomic mass is 9.92. The average molecular weight is 261 g/mol. The van der Waals surface area contributed by atoms with E-state index in [1.54, 1.807) is 20.8 Å². The summed E-state index contributed by atoms with van der Waals surface area (Å²) in [5.41, 5.74) is -0.883. The van der Waals surface area contributed by atoms with Crippen molar-refractivity contribution < 1.29 is 13.2 Å². The molecule has 0 atom stereocenters. The third-order valence-electron chi connectivity index (χ3n) is 1.72. The van der Waals surface area contributed by atoms with Crippen molar-refractivity contribution in [1.29, 1.82) is 0 Å². The Morgan fingerprint density at radius 1 is 1.21 bits per heavy atom. The maximum atomic E-state index is 11.6. The van der Waals surface area contributed by atoms with Crippen molar-refractivity contribution in [1.82, 2.24) is 0 Å². The van der Waals surface area contributed by atoms with Gasteiger partial charge in [-0.1, -0.05) is 50.9 Å². The number of alkyl halides is 2. The van der Waals surface area contributed by atoms with E-state index in [2.05, 4.69) is 0 Å². The number of rotatable bonds is 3. The van der Waals surface area contributed by atoms with E-state index in [-0.39, 0.29) is 5.75 Å². The van der Waals surface area contributed by atoms with Crippen LogP contribution in [0.15, 0.2) is 0 Å². The molecule has 0 amide bonds. The van der Waals surface area contributed by atoms with E-state index in [0.29, 0.717) is 0 Å². The van der Waals surface area contributed by atoms with Gasteiger partial charge in [0.25, 0.3) is 3.67 Å². The second-order valence-electron chi connectivity index (χ2n) is 4.00. The molecule has 14 heavy (non-hydrogen) atoms. The molecule has 0 N–H and O–H groups in total. The number of hydrogen-bond donors (Lipinski definition) is 0. The lowest BCUT2D eigenvalue weighted by Crippen LogP contribution is -2.43. The van der Waals surface area contributed by atoms with Crippen LogP contribution in [0.4, 0.5) is 0 Å².